The third kappa shape index (κ3) is 2.83. The van der Waals surface area contributed by atoms with Crippen molar-refractivity contribution in [1.29, 1.82) is 0 Å². The van der Waals surface area contributed by atoms with Crippen molar-refractivity contribution in [3.05, 3.63) is 23.5 Å². The van der Waals surface area contributed by atoms with Crippen molar-refractivity contribution in [2.24, 2.45) is 11.8 Å². The second-order valence-corrected chi connectivity index (χ2v) is 5.51. The van der Waals surface area contributed by atoms with Gasteiger partial charge in [-0.25, -0.2) is 0 Å². The Balaban J connectivity index is 1.94. The number of aromatic nitrogens is 1. The van der Waals surface area contributed by atoms with Crippen LogP contribution in [-0.2, 0) is 6.54 Å². The van der Waals surface area contributed by atoms with Crippen LogP contribution in [0.5, 0.6) is 5.75 Å². The van der Waals surface area contributed by atoms with Gasteiger partial charge in [0.05, 0.1) is 5.69 Å². The van der Waals surface area contributed by atoms with Crippen molar-refractivity contribution < 1.29 is 5.11 Å². The maximum Gasteiger partial charge on any atom is 0.138 e. The van der Waals surface area contributed by atoms with Crippen molar-refractivity contribution >= 4 is 0 Å². The smallest absolute Gasteiger partial charge is 0.138 e. The first-order chi connectivity index (χ1) is 8.61. The highest BCUT2D eigenvalue weighted by Gasteiger charge is 2.31. The number of hydrogen-bond acceptors (Lipinski definition) is 3. The zero-order valence-electron chi connectivity index (χ0n) is 11.6. The first-order valence-electron chi connectivity index (χ1n) is 7.00. The van der Waals surface area contributed by atoms with Gasteiger partial charge in [0, 0.05) is 18.3 Å². The van der Waals surface area contributed by atoms with Crippen LogP contribution in [0.2, 0.25) is 0 Å². The molecule has 1 aliphatic carbocycles. The molecule has 0 saturated heterocycles. The first-order valence-corrected chi connectivity index (χ1v) is 7.00. The lowest BCUT2D eigenvalue weighted by Gasteiger charge is -2.21. The van der Waals surface area contributed by atoms with Crippen LogP contribution in [0, 0.1) is 18.8 Å². The van der Waals surface area contributed by atoms with Crippen molar-refractivity contribution in [3.63, 3.8) is 0 Å². The SMILES string of the molecule is CCC1CCC(NCc2nc(C)ccc2O)C1C. The minimum atomic E-state index is 0.297. The molecule has 1 saturated carbocycles. The molecule has 0 radical (unpaired) electrons. The van der Waals surface area contributed by atoms with E-state index in [1.807, 2.05) is 13.0 Å². The van der Waals surface area contributed by atoms with E-state index < -0.39 is 0 Å². The van der Waals surface area contributed by atoms with E-state index in [0.717, 1.165) is 23.2 Å². The number of nitrogens with zero attached hydrogens (tertiary/aromatic N) is 1. The van der Waals surface area contributed by atoms with Gasteiger partial charge in [-0.1, -0.05) is 20.3 Å². The molecule has 2 rings (SSSR count). The van der Waals surface area contributed by atoms with E-state index in [9.17, 15) is 5.11 Å². The average Bonchev–Trinajstić information content (AvgIpc) is 2.71. The van der Waals surface area contributed by atoms with Crippen molar-refractivity contribution in [3.8, 4) is 5.75 Å². The van der Waals surface area contributed by atoms with Gasteiger partial charge in [-0.2, -0.15) is 0 Å². The molecule has 1 heterocycles. The molecule has 0 aliphatic heterocycles. The molecular formula is C15H24N2O. The largest absolute Gasteiger partial charge is 0.506 e. The van der Waals surface area contributed by atoms with Crippen LogP contribution in [0.15, 0.2) is 12.1 Å². The topological polar surface area (TPSA) is 45.2 Å². The molecule has 0 aromatic carbocycles. The van der Waals surface area contributed by atoms with E-state index in [2.05, 4.69) is 24.1 Å². The Kier molecular flexibility index (Phi) is 4.23. The maximum absolute atomic E-state index is 9.77. The number of pyridine rings is 1. The van der Waals surface area contributed by atoms with E-state index in [4.69, 9.17) is 0 Å². The number of hydrogen-bond donors (Lipinski definition) is 2. The zero-order valence-corrected chi connectivity index (χ0v) is 11.6. The van der Waals surface area contributed by atoms with Gasteiger partial charge in [0.15, 0.2) is 0 Å². The molecule has 0 bridgehead atoms. The van der Waals surface area contributed by atoms with Crippen LogP contribution >= 0.6 is 0 Å². The van der Waals surface area contributed by atoms with Crippen molar-refractivity contribution in [2.45, 2.75) is 52.6 Å². The van der Waals surface area contributed by atoms with Gasteiger partial charge in [-0.3, -0.25) is 4.98 Å². The molecule has 2 N–H and O–H groups in total. The average molecular weight is 248 g/mol. The summed E-state index contributed by atoms with van der Waals surface area (Å²) in [4.78, 5) is 4.39. The highest BCUT2D eigenvalue weighted by Crippen LogP contribution is 2.34. The second kappa shape index (κ2) is 5.70. The molecule has 100 valence electrons. The molecule has 1 fully saturated rings. The number of rotatable bonds is 4. The third-order valence-electron chi connectivity index (χ3n) is 4.37. The fourth-order valence-corrected chi connectivity index (χ4v) is 3.07. The van der Waals surface area contributed by atoms with E-state index >= 15 is 0 Å². The fourth-order valence-electron chi connectivity index (χ4n) is 3.07. The predicted molar refractivity (Wildman–Crippen MR) is 73.4 cm³/mol. The van der Waals surface area contributed by atoms with E-state index in [1.54, 1.807) is 6.07 Å². The van der Waals surface area contributed by atoms with Crippen LogP contribution in [0.3, 0.4) is 0 Å². The first kappa shape index (κ1) is 13.3. The Labute approximate surface area is 110 Å². The van der Waals surface area contributed by atoms with E-state index in [1.165, 1.54) is 19.3 Å². The minimum absolute atomic E-state index is 0.297. The van der Waals surface area contributed by atoms with Gasteiger partial charge in [0.1, 0.15) is 5.75 Å². The summed E-state index contributed by atoms with van der Waals surface area (Å²) in [6, 6.07) is 4.13. The fraction of sp³-hybridized carbons (Fsp3) is 0.667. The highest BCUT2D eigenvalue weighted by molar-refractivity contribution is 5.27. The van der Waals surface area contributed by atoms with Gasteiger partial charge >= 0.3 is 0 Å². The molecule has 3 atom stereocenters. The van der Waals surface area contributed by atoms with Crippen LogP contribution in [0.4, 0.5) is 0 Å². The van der Waals surface area contributed by atoms with Crippen LogP contribution in [0.25, 0.3) is 0 Å². The summed E-state index contributed by atoms with van der Waals surface area (Å²) in [6.07, 6.45) is 3.84. The summed E-state index contributed by atoms with van der Waals surface area (Å²) in [7, 11) is 0. The molecule has 3 heteroatoms. The van der Waals surface area contributed by atoms with Gasteiger partial charge in [0.25, 0.3) is 0 Å². The monoisotopic (exact) mass is 248 g/mol. The third-order valence-corrected chi connectivity index (χ3v) is 4.37. The molecule has 1 aromatic heterocycles. The summed E-state index contributed by atoms with van der Waals surface area (Å²) in [5, 5.41) is 13.3. The number of aromatic hydroxyl groups is 1. The highest BCUT2D eigenvalue weighted by atomic mass is 16.3. The lowest BCUT2D eigenvalue weighted by molar-refractivity contribution is 0.341. The molecule has 1 aliphatic rings. The molecular weight excluding hydrogens is 224 g/mol. The summed E-state index contributed by atoms with van der Waals surface area (Å²) in [5.74, 6) is 1.87. The second-order valence-electron chi connectivity index (χ2n) is 5.51. The Bertz CT molecular complexity index is 405. The predicted octanol–water partition coefficient (Wildman–Crippen LogP) is 3.01. The molecule has 0 amide bonds. The summed E-state index contributed by atoms with van der Waals surface area (Å²) >= 11 is 0. The lowest BCUT2D eigenvalue weighted by Crippen LogP contribution is -2.32. The zero-order chi connectivity index (χ0) is 13.1. The van der Waals surface area contributed by atoms with Crippen LogP contribution < -0.4 is 5.32 Å². The van der Waals surface area contributed by atoms with Crippen molar-refractivity contribution in [2.75, 3.05) is 0 Å². The normalized spacial score (nSPS) is 27.6. The van der Waals surface area contributed by atoms with Gasteiger partial charge in [0.2, 0.25) is 0 Å². The van der Waals surface area contributed by atoms with Gasteiger partial charge < -0.3 is 10.4 Å². The van der Waals surface area contributed by atoms with E-state index in [-0.39, 0.29) is 0 Å². The Morgan fingerprint density at radius 2 is 2.17 bits per heavy atom. The number of nitrogens with one attached hydrogen (secondary N) is 1. The molecule has 18 heavy (non-hydrogen) atoms. The lowest BCUT2D eigenvalue weighted by atomic mass is 9.93. The molecule has 3 unspecified atom stereocenters. The van der Waals surface area contributed by atoms with Crippen LogP contribution in [0.1, 0.15) is 44.5 Å². The van der Waals surface area contributed by atoms with Gasteiger partial charge in [-0.05, 0) is 43.7 Å². The van der Waals surface area contributed by atoms with Crippen molar-refractivity contribution in [1.82, 2.24) is 10.3 Å². The minimum Gasteiger partial charge on any atom is -0.506 e. The summed E-state index contributed by atoms with van der Waals surface area (Å²) in [6.45, 7) is 7.23. The number of aryl methyl sites for hydroxylation is 1. The van der Waals surface area contributed by atoms with E-state index in [0.29, 0.717) is 18.3 Å². The Morgan fingerprint density at radius 1 is 1.39 bits per heavy atom. The molecule has 0 spiro atoms. The maximum atomic E-state index is 9.77. The van der Waals surface area contributed by atoms with Crippen LogP contribution in [-0.4, -0.2) is 16.1 Å². The van der Waals surface area contributed by atoms with Gasteiger partial charge in [-0.15, -0.1) is 0 Å². The molecule has 1 aromatic rings. The summed E-state index contributed by atoms with van der Waals surface area (Å²) < 4.78 is 0. The molecule has 3 nitrogen and oxygen atoms in total. The Morgan fingerprint density at radius 3 is 2.83 bits per heavy atom. The standard InChI is InChI=1S/C15H24N2O/c1-4-12-6-7-13(11(12)3)16-9-14-15(18)8-5-10(2)17-14/h5,8,11-13,16,18H,4,6-7,9H2,1-3H3. The summed E-state index contributed by atoms with van der Waals surface area (Å²) in [5.41, 5.74) is 1.72. The Hall–Kier alpha value is -1.09. The quantitative estimate of drug-likeness (QED) is 0.861.